The van der Waals surface area contributed by atoms with Crippen molar-refractivity contribution < 1.29 is 9.53 Å². The highest BCUT2D eigenvalue weighted by Gasteiger charge is 2.50. The summed E-state index contributed by atoms with van der Waals surface area (Å²) in [7, 11) is 1.37. The van der Waals surface area contributed by atoms with Crippen molar-refractivity contribution >= 4 is 62.0 Å². The van der Waals surface area contributed by atoms with Crippen LogP contribution in [0.1, 0.15) is 41.8 Å². The number of carbonyl (C=O) groups is 1. The number of ether oxygens (including phenoxy) is 1. The number of hydrogen-bond acceptors (Lipinski definition) is 5. The van der Waals surface area contributed by atoms with E-state index in [4.69, 9.17) is 28.6 Å². The van der Waals surface area contributed by atoms with Gasteiger partial charge in [0.2, 0.25) is 0 Å². The average Bonchev–Trinajstić information content (AvgIpc) is 3.14. The van der Waals surface area contributed by atoms with Crippen LogP contribution in [0.25, 0.3) is 10.1 Å². The minimum Gasteiger partial charge on any atom is -0.465 e. The first-order valence-electron chi connectivity index (χ1n) is 12.1. The van der Waals surface area contributed by atoms with Crippen LogP contribution in [-0.2, 0) is 4.74 Å². The lowest BCUT2D eigenvalue weighted by molar-refractivity contribution is -0.0726. The molecular formula is C25H30ClN3O2S2. The maximum atomic E-state index is 12.0. The van der Waals surface area contributed by atoms with Gasteiger partial charge in [0.05, 0.1) is 12.1 Å². The molecule has 0 radical (unpaired) electrons. The standard InChI is InChI=1S/C25H30ClN3O2S2/c1-31-24(30)23-21(26)19-3-2-18(13-20(19)33-23)27-25(32)29-6-4-28(5-7-29)22-16-9-14-8-15(11-16)12-17(22)10-14/h2-3,13-17,22H,4-12H2,1H3,(H,27,32). The number of methoxy groups -OCH3 is 1. The van der Waals surface area contributed by atoms with Gasteiger partial charge in [-0.2, -0.15) is 0 Å². The summed E-state index contributed by atoms with van der Waals surface area (Å²) < 4.78 is 5.79. The Bertz CT molecular complexity index is 1070. The molecule has 2 aromatic rings. The quantitative estimate of drug-likeness (QED) is 0.442. The van der Waals surface area contributed by atoms with Gasteiger partial charge in [-0.3, -0.25) is 4.90 Å². The topological polar surface area (TPSA) is 44.8 Å². The number of piperazine rings is 1. The molecule has 4 bridgehead atoms. The van der Waals surface area contributed by atoms with E-state index in [1.807, 2.05) is 18.2 Å². The number of nitrogens with one attached hydrogen (secondary N) is 1. The van der Waals surface area contributed by atoms with Gasteiger partial charge in [0, 0.05) is 48.0 Å². The van der Waals surface area contributed by atoms with Crippen LogP contribution in [0.3, 0.4) is 0 Å². The maximum absolute atomic E-state index is 12.0. The van der Waals surface area contributed by atoms with E-state index < -0.39 is 5.97 Å². The third-order valence-corrected chi connectivity index (χ3v) is 10.4. The number of anilines is 1. The molecule has 8 heteroatoms. The number of fused-ring (bicyclic) bond motifs is 1. The fourth-order valence-electron chi connectivity index (χ4n) is 7.29. The maximum Gasteiger partial charge on any atom is 0.349 e. The van der Waals surface area contributed by atoms with Gasteiger partial charge in [0.1, 0.15) is 4.88 Å². The minimum atomic E-state index is -0.400. The Kier molecular flexibility index (Phi) is 5.80. The van der Waals surface area contributed by atoms with Crippen molar-refractivity contribution in [2.75, 3.05) is 38.6 Å². The lowest BCUT2D eigenvalue weighted by Crippen LogP contribution is -2.60. The molecule has 176 valence electrons. The number of esters is 1. The van der Waals surface area contributed by atoms with Gasteiger partial charge in [-0.1, -0.05) is 11.6 Å². The second-order valence-electron chi connectivity index (χ2n) is 10.3. The van der Waals surface area contributed by atoms with E-state index in [2.05, 4.69) is 15.1 Å². The zero-order chi connectivity index (χ0) is 22.7. The molecule has 0 amide bonds. The van der Waals surface area contributed by atoms with Gasteiger partial charge in [-0.05, 0) is 86.2 Å². The Morgan fingerprint density at radius 3 is 2.39 bits per heavy atom. The number of thiocarbonyl (C=S) groups is 1. The number of rotatable bonds is 3. The first-order valence-corrected chi connectivity index (χ1v) is 13.7. The normalized spacial score (nSPS) is 31.2. The summed E-state index contributed by atoms with van der Waals surface area (Å²) >= 11 is 13.5. The predicted octanol–water partition coefficient (Wildman–Crippen LogP) is 5.48. The largest absolute Gasteiger partial charge is 0.465 e. The van der Waals surface area contributed by atoms with Crippen molar-refractivity contribution in [3.8, 4) is 0 Å². The Hall–Kier alpha value is -1.41. The molecule has 5 aliphatic rings. The van der Waals surface area contributed by atoms with E-state index >= 15 is 0 Å². The van der Waals surface area contributed by atoms with Gasteiger partial charge >= 0.3 is 5.97 Å². The molecule has 5 nitrogen and oxygen atoms in total. The van der Waals surface area contributed by atoms with Crippen molar-refractivity contribution in [3.05, 3.63) is 28.1 Å². The van der Waals surface area contributed by atoms with Crippen LogP contribution < -0.4 is 5.32 Å². The van der Waals surface area contributed by atoms with Gasteiger partial charge in [0.25, 0.3) is 0 Å². The van der Waals surface area contributed by atoms with Crippen LogP contribution in [0.4, 0.5) is 5.69 Å². The van der Waals surface area contributed by atoms with Crippen LogP contribution in [0.2, 0.25) is 5.02 Å². The molecule has 1 aromatic carbocycles. The van der Waals surface area contributed by atoms with Crippen molar-refractivity contribution in [2.45, 2.75) is 38.1 Å². The fraction of sp³-hybridized carbons (Fsp3) is 0.600. The second kappa shape index (κ2) is 8.67. The average molecular weight is 504 g/mol. The smallest absolute Gasteiger partial charge is 0.349 e. The Balaban J connectivity index is 1.09. The molecular weight excluding hydrogens is 474 g/mol. The van der Waals surface area contributed by atoms with Crippen LogP contribution >= 0.6 is 35.2 Å². The number of nitrogens with zero attached hydrogens (tertiary/aromatic N) is 2. The summed E-state index contributed by atoms with van der Waals surface area (Å²) in [5.41, 5.74) is 0.922. The van der Waals surface area contributed by atoms with E-state index in [0.29, 0.717) is 9.90 Å². The van der Waals surface area contributed by atoms with E-state index in [9.17, 15) is 4.79 Å². The molecule has 7 rings (SSSR count). The number of hydrogen-bond donors (Lipinski definition) is 1. The third kappa shape index (κ3) is 3.95. The molecule has 0 atom stereocenters. The molecule has 4 aliphatic carbocycles. The van der Waals surface area contributed by atoms with E-state index in [0.717, 1.165) is 76.8 Å². The summed E-state index contributed by atoms with van der Waals surface area (Å²) in [6.45, 7) is 4.18. The summed E-state index contributed by atoms with van der Waals surface area (Å²) in [5.74, 6) is 3.54. The number of halogens is 1. The lowest BCUT2D eigenvalue weighted by atomic mass is 9.54. The predicted molar refractivity (Wildman–Crippen MR) is 138 cm³/mol. The van der Waals surface area contributed by atoms with E-state index in [1.54, 1.807) is 0 Å². The number of carbonyl (C=O) groups excluding carboxylic acids is 1. The van der Waals surface area contributed by atoms with E-state index in [1.165, 1.54) is 50.6 Å². The highest BCUT2D eigenvalue weighted by molar-refractivity contribution is 7.80. The molecule has 5 fully saturated rings. The van der Waals surface area contributed by atoms with Crippen molar-refractivity contribution in [1.29, 1.82) is 0 Å². The summed E-state index contributed by atoms with van der Waals surface area (Å²) in [5, 5.41) is 5.50. The Labute approximate surface area is 209 Å². The van der Waals surface area contributed by atoms with E-state index in [-0.39, 0.29) is 0 Å². The molecule has 1 saturated heterocycles. The zero-order valence-electron chi connectivity index (χ0n) is 18.9. The van der Waals surface area contributed by atoms with Crippen LogP contribution in [0.5, 0.6) is 0 Å². The monoisotopic (exact) mass is 503 g/mol. The second-order valence-corrected chi connectivity index (χ2v) is 12.1. The Morgan fingerprint density at radius 2 is 1.76 bits per heavy atom. The number of thiophene rings is 1. The van der Waals surface area contributed by atoms with Crippen LogP contribution in [-0.4, -0.2) is 60.2 Å². The molecule has 0 spiro atoms. The van der Waals surface area contributed by atoms with Gasteiger partial charge in [-0.25, -0.2) is 4.79 Å². The highest BCUT2D eigenvalue weighted by Crippen LogP contribution is 2.55. The van der Waals surface area contributed by atoms with Crippen molar-refractivity contribution in [1.82, 2.24) is 9.80 Å². The minimum absolute atomic E-state index is 0.400. The van der Waals surface area contributed by atoms with Gasteiger partial charge < -0.3 is 15.0 Å². The molecule has 1 N–H and O–H groups in total. The molecule has 1 aliphatic heterocycles. The zero-order valence-corrected chi connectivity index (χ0v) is 21.3. The molecule has 2 heterocycles. The van der Waals surface area contributed by atoms with Gasteiger partial charge in [0.15, 0.2) is 5.11 Å². The number of benzene rings is 1. The Morgan fingerprint density at radius 1 is 1.09 bits per heavy atom. The molecule has 1 aromatic heterocycles. The molecule has 4 saturated carbocycles. The fourth-order valence-corrected chi connectivity index (χ4v) is 9.05. The highest BCUT2D eigenvalue weighted by atomic mass is 35.5. The molecule has 33 heavy (non-hydrogen) atoms. The van der Waals surface area contributed by atoms with Crippen LogP contribution in [0, 0.1) is 23.7 Å². The summed E-state index contributed by atoms with van der Waals surface area (Å²) in [4.78, 5) is 17.5. The first-order chi connectivity index (χ1) is 16.0. The first kappa shape index (κ1) is 22.1. The SMILES string of the molecule is COC(=O)c1sc2cc(NC(=S)N3CCN(C4C5CC6CC(C5)CC4C6)CC3)ccc2c1Cl. The van der Waals surface area contributed by atoms with Crippen LogP contribution in [0.15, 0.2) is 18.2 Å². The lowest BCUT2D eigenvalue weighted by Gasteiger charge is -2.58. The van der Waals surface area contributed by atoms with Gasteiger partial charge in [-0.15, -0.1) is 11.3 Å². The summed E-state index contributed by atoms with van der Waals surface area (Å²) in [6, 6.07) is 6.74. The van der Waals surface area contributed by atoms with Crippen molar-refractivity contribution in [3.63, 3.8) is 0 Å². The molecule has 0 unspecified atom stereocenters. The summed E-state index contributed by atoms with van der Waals surface area (Å²) in [6.07, 6.45) is 7.42. The van der Waals surface area contributed by atoms with Crippen molar-refractivity contribution in [2.24, 2.45) is 23.7 Å². The third-order valence-electron chi connectivity index (χ3n) is 8.45.